The van der Waals surface area contributed by atoms with Gasteiger partial charge in [-0.3, -0.25) is 15.0 Å². The Balaban J connectivity index is 1.72. The zero-order valence-electron chi connectivity index (χ0n) is 13.0. The minimum Gasteiger partial charge on any atom is -0.381 e. The third-order valence-corrected chi connectivity index (χ3v) is 4.75. The number of ether oxygens (including phenoxy) is 1. The molecule has 0 bridgehead atoms. The van der Waals surface area contributed by atoms with Gasteiger partial charge in [0.25, 0.3) is 5.69 Å². The fourth-order valence-corrected chi connectivity index (χ4v) is 3.59. The van der Waals surface area contributed by atoms with Gasteiger partial charge in [-0.25, -0.2) is 0 Å². The van der Waals surface area contributed by atoms with Crippen molar-refractivity contribution in [1.29, 1.82) is 0 Å². The van der Waals surface area contributed by atoms with Gasteiger partial charge in [0.1, 0.15) is 5.69 Å². The van der Waals surface area contributed by atoms with Crippen LogP contribution in [0.4, 0.5) is 11.4 Å². The van der Waals surface area contributed by atoms with Gasteiger partial charge >= 0.3 is 0 Å². The molecule has 2 heterocycles. The summed E-state index contributed by atoms with van der Waals surface area (Å²) in [5, 5.41) is 11.2. The highest BCUT2D eigenvalue weighted by molar-refractivity contribution is 5.63. The molecule has 6 heteroatoms. The normalized spacial score (nSPS) is 24.4. The molecule has 0 N–H and O–H groups in total. The predicted octanol–water partition coefficient (Wildman–Crippen LogP) is 2.28. The van der Waals surface area contributed by atoms with Crippen LogP contribution in [0.5, 0.6) is 0 Å². The second-order valence-electron chi connectivity index (χ2n) is 6.13. The number of nitrogens with zero attached hydrogens (tertiary/aromatic N) is 3. The molecule has 2 aliphatic rings. The van der Waals surface area contributed by atoms with E-state index in [9.17, 15) is 10.1 Å². The van der Waals surface area contributed by atoms with Gasteiger partial charge in [0, 0.05) is 51.0 Å². The zero-order chi connectivity index (χ0) is 15.5. The molecule has 2 aliphatic heterocycles. The molecule has 1 atom stereocenters. The van der Waals surface area contributed by atoms with E-state index in [1.54, 1.807) is 12.1 Å². The second kappa shape index (κ2) is 6.62. The fourth-order valence-electron chi connectivity index (χ4n) is 3.59. The maximum atomic E-state index is 11.2. The van der Waals surface area contributed by atoms with E-state index in [0.29, 0.717) is 6.04 Å². The SMILES string of the molecule is C[C@H]1CN(C2CCOCC2)CCN1c1ccccc1[N+](=O)[O-]. The second-order valence-corrected chi connectivity index (χ2v) is 6.13. The van der Waals surface area contributed by atoms with Crippen LogP contribution in [0.25, 0.3) is 0 Å². The third kappa shape index (κ3) is 3.08. The summed E-state index contributed by atoms with van der Waals surface area (Å²) in [6, 6.07) is 7.93. The summed E-state index contributed by atoms with van der Waals surface area (Å²) in [6.07, 6.45) is 2.19. The van der Waals surface area contributed by atoms with Crippen LogP contribution in [-0.2, 0) is 4.74 Å². The van der Waals surface area contributed by atoms with Crippen LogP contribution in [0.2, 0.25) is 0 Å². The van der Waals surface area contributed by atoms with Gasteiger partial charge in [-0.1, -0.05) is 12.1 Å². The Morgan fingerprint density at radius 2 is 1.95 bits per heavy atom. The standard InChI is InChI=1S/C16H23N3O3/c1-13-12-17(14-6-10-22-11-7-14)8-9-18(13)15-4-2-3-5-16(15)19(20)21/h2-5,13-14H,6-12H2,1H3/t13-/m0/s1. The summed E-state index contributed by atoms with van der Waals surface area (Å²) < 4.78 is 5.44. The Hall–Kier alpha value is -1.66. The van der Waals surface area contributed by atoms with Crippen molar-refractivity contribution in [3.63, 3.8) is 0 Å². The lowest BCUT2D eigenvalue weighted by Crippen LogP contribution is -2.56. The first-order chi connectivity index (χ1) is 10.7. The summed E-state index contributed by atoms with van der Waals surface area (Å²) in [5.74, 6) is 0. The number of rotatable bonds is 3. The van der Waals surface area contributed by atoms with E-state index in [1.807, 2.05) is 12.1 Å². The lowest BCUT2D eigenvalue weighted by atomic mass is 10.0. The van der Waals surface area contributed by atoms with Gasteiger partial charge in [-0.05, 0) is 25.8 Å². The molecule has 0 radical (unpaired) electrons. The van der Waals surface area contributed by atoms with Crippen LogP contribution in [0, 0.1) is 10.1 Å². The first-order valence-electron chi connectivity index (χ1n) is 7.98. The molecule has 0 unspecified atom stereocenters. The Morgan fingerprint density at radius 3 is 2.64 bits per heavy atom. The number of hydrogen-bond acceptors (Lipinski definition) is 5. The minimum atomic E-state index is -0.285. The minimum absolute atomic E-state index is 0.203. The number of hydrogen-bond donors (Lipinski definition) is 0. The first-order valence-corrected chi connectivity index (χ1v) is 7.98. The van der Waals surface area contributed by atoms with Gasteiger partial charge < -0.3 is 9.64 Å². The van der Waals surface area contributed by atoms with E-state index >= 15 is 0 Å². The molecule has 2 saturated heterocycles. The van der Waals surface area contributed by atoms with Gasteiger partial charge in [0.15, 0.2) is 0 Å². The summed E-state index contributed by atoms with van der Waals surface area (Å²) >= 11 is 0. The molecule has 1 aromatic rings. The molecule has 0 spiro atoms. The van der Waals surface area contributed by atoms with E-state index in [4.69, 9.17) is 4.74 Å². The van der Waals surface area contributed by atoms with Crippen LogP contribution in [0.3, 0.4) is 0 Å². The van der Waals surface area contributed by atoms with Crippen molar-refractivity contribution >= 4 is 11.4 Å². The van der Waals surface area contributed by atoms with Gasteiger partial charge in [0.05, 0.1) is 4.92 Å². The maximum absolute atomic E-state index is 11.2. The monoisotopic (exact) mass is 305 g/mol. The molecule has 0 aliphatic carbocycles. The van der Waals surface area contributed by atoms with Crippen LogP contribution in [-0.4, -0.2) is 54.8 Å². The molecule has 22 heavy (non-hydrogen) atoms. The molecule has 120 valence electrons. The lowest BCUT2D eigenvalue weighted by Gasteiger charge is -2.45. The zero-order valence-corrected chi connectivity index (χ0v) is 13.0. The Morgan fingerprint density at radius 1 is 1.23 bits per heavy atom. The third-order valence-electron chi connectivity index (χ3n) is 4.75. The van der Waals surface area contributed by atoms with Crippen LogP contribution >= 0.6 is 0 Å². The summed E-state index contributed by atoms with van der Waals surface area (Å²) in [4.78, 5) is 15.7. The van der Waals surface area contributed by atoms with Crippen molar-refractivity contribution in [2.45, 2.75) is 31.8 Å². The lowest BCUT2D eigenvalue weighted by molar-refractivity contribution is -0.384. The number of nitro benzene ring substituents is 1. The van der Waals surface area contributed by atoms with Crippen molar-refractivity contribution < 1.29 is 9.66 Å². The van der Waals surface area contributed by atoms with Crippen molar-refractivity contribution in [1.82, 2.24) is 4.90 Å². The quantitative estimate of drug-likeness (QED) is 0.633. The molecule has 0 saturated carbocycles. The Bertz CT molecular complexity index is 531. The van der Waals surface area contributed by atoms with Crippen molar-refractivity contribution in [2.24, 2.45) is 0 Å². The highest BCUT2D eigenvalue weighted by Crippen LogP contribution is 2.31. The van der Waals surface area contributed by atoms with E-state index in [1.165, 1.54) is 0 Å². The van der Waals surface area contributed by atoms with Gasteiger partial charge in [-0.2, -0.15) is 0 Å². The molecule has 6 nitrogen and oxygen atoms in total. The van der Waals surface area contributed by atoms with Crippen LogP contribution < -0.4 is 4.90 Å². The van der Waals surface area contributed by atoms with Crippen molar-refractivity contribution in [3.8, 4) is 0 Å². The average molecular weight is 305 g/mol. The first kappa shape index (κ1) is 15.2. The largest absolute Gasteiger partial charge is 0.381 e. The number of benzene rings is 1. The van der Waals surface area contributed by atoms with Crippen molar-refractivity contribution in [3.05, 3.63) is 34.4 Å². The van der Waals surface area contributed by atoms with E-state index < -0.39 is 0 Å². The van der Waals surface area contributed by atoms with Gasteiger partial charge in [0.2, 0.25) is 0 Å². The van der Waals surface area contributed by atoms with Crippen molar-refractivity contribution in [2.75, 3.05) is 37.7 Å². The summed E-state index contributed by atoms with van der Waals surface area (Å²) in [6.45, 7) is 6.61. The van der Waals surface area contributed by atoms with Gasteiger partial charge in [-0.15, -0.1) is 0 Å². The van der Waals surface area contributed by atoms with E-state index in [0.717, 1.165) is 51.4 Å². The topological polar surface area (TPSA) is 58.8 Å². The maximum Gasteiger partial charge on any atom is 0.292 e. The number of anilines is 1. The molecule has 3 rings (SSSR count). The molecule has 2 fully saturated rings. The number of para-hydroxylation sites is 2. The Kier molecular flexibility index (Phi) is 4.59. The molecule has 0 aromatic heterocycles. The number of nitro groups is 1. The molecule has 0 amide bonds. The smallest absolute Gasteiger partial charge is 0.292 e. The Labute approximate surface area is 130 Å². The number of piperazine rings is 1. The average Bonchev–Trinajstić information content (AvgIpc) is 2.55. The summed E-state index contributed by atoms with van der Waals surface area (Å²) in [7, 11) is 0. The highest BCUT2D eigenvalue weighted by Gasteiger charge is 2.31. The molecule has 1 aromatic carbocycles. The van der Waals surface area contributed by atoms with Crippen LogP contribution in [0.1, 0.15) is 19.8 Å². The van der Waals surface area contributed by atoms with E-state index in [-0.39, 0.29) is 16.7 Å². The predicted molar refractivity (Wildman–Crippen MR) is 85.3 cm³/mol. The highest BCUT2D eigenvalue weighted by atomic mass is 16.6. The fraction of sp³-hybridized carbons (Fsp3) is 0.625. The van der Waals surface area contributed by atoms with Crippen LogP contribution in [0.15, 0.2) is 24.3 Å². The van der Waals surface area contributed by atoms with E-state index in [2.05, 4.69) is 16.7 Å². The molecular weight excluding hydrogens is 282 g/mol. The summed E-state index contributed by atoms with van der Waals surface area (Å²) in [5.41, 5.74) is 0.945. The molecular formula is C16H23N3O3.